The van der Waals surface area contributed by atoms with E-state index in [1.807, 2.05) is 0 Å². The number of rotatable bonds is 6. The molecular formula is C21H15ClN2O5S3. The largest absolute Gasteiger partial charge is 0.423 e. The van der Waals surface area contributed by atoms with Crippen molar-refractivity contribution in [2.45, 2.75) is 9.10 Å². The van der Waals surface area contributed by atoms with Gasteiger partial charge in [0, 0.05) is 16.2 Å². The summed E-state index contributed by atoms with van der Waals surface area (Å²) < 4.78 is 47.1. The van der Waals surface area contributed by atoms with Crippen LogP contribution in [-0.4, -0.2) is 24.9 Å². The molecule has 0 aliphatic rings. The quantitative estimate of drug-likeness (QED) is 0.266. The number of thiophene rings is 1. The molecule has 1 aromatic heterocycles. The Morgan fingerprint density at radius 2 is 1.75 bits per heavy atom. The van der Waals surface area contributed by atoms with Gasteiger partial charge in [0.2, 0.25) is 9.84 Å². The lowest BCUT2D eigenvalue weighted by molar-refractivity contribution is 0.0734. The Hall–Kier alpha value is -2.97. The lowest BCUT2D eigenvalue weighted by Crippen LogP contribution is -2.08. The molecule has 0 amide bonds. The first-order valence-corrected chi connectivity index (χ1v) is 13.5. The fraction of sp³-hybridized carbons (Fsp3) is 0.0476. The molecule has 32 heavy (non-hydrogen) atoms. The average Bonchev–Trinajstić information content (AvgIpc) is 3.31. The van der Waals surface area contributed by atoms with E-state index in [0.717, 1.165) is 17.5 Å². The Morgan fingerprint density at radius 3 is 2.31 bits per heavy atom. The van der Waals surface area contributed by atoms with Gasteiger partial charge in [-0.1, -0.05) is 17.7 Å². The molecule has 7 nitrogen and oxygen atoms in total. The predicted octanol–water partition coefficient (Wildman–Crippen LogP) is 4.92. The molecule has 0 spiro atoms. The fourth-order valence-electron chi connectivity index (χ4n) is 2.40. The average molecular weight is 507 g/mol. The molecule has 1 atom stereocenters. The molecule has 0 radical (unpaired) electrons. The second-order valence-corrected chi connectivity index (χ2v) is 12.1. The maximum absolute atomic E-state index is 13.0. The number of esters is 1. The third-order valence-electron chi connectivity index (χ3n) is 4.08. The maximum atomic E-state index is 13.0. The third-order valence-corrected chi connectivity index (χ3v) is 9.04. The molecule has 0 aliphatic carbocycles. The third kappa shape index (κ3) is 5.44. The highest BCUT2D eigenvalue weighted by Gasteiger charge is 2.22. The molecule has 3 aromatic rings. The minimum Gasteiger partial charge on any atom is -0.423 e. The van der Waals surface area contributed by atoms with Crippen LogP contribution in [0.1, 0.15) is 10.4 Å². The van der Waals surface area contributed by atoms with E-state index in [4.69, 9.17) is 16.3 Å². The van der Waals surface area contributed by atoms with Crippen LogP contribution in [0.5, 0.6) is 5.75 Å². The van der Waals surface area contributed by atoms with Crippen LogP contribution in [0.25, 0.3) is 0 Å². The molecule has 0 saturated heterocycles. The molecule has 0 unspecified atom stereocenters. The number of halogens is 1. The van der Waals surface area contributed by atoms with Gasteiger partial charge in [-0.3, -0.25) is 0 Å². The summed E-state index contributed by atoms with van der Waals surface area (Å²) in [6.07, 6.45) is 2.12. The smallest absolute Gasteiger partial charge is 0.343 e. The van der Waals surface area contributed by atoms with Crippen molar-refractivity contribution in [3.8, 4) is 11.8 Å². The second-order valence-electron chi connectivity index (χ2n) is 6.32. The maximum Gasteiger partial charge on any atom is 0.343 e. The normalized spacial score (nSPS) is 13.6. The van der Waals surface area contributed by atoms with Crippen molar-refractivity contribution in [2.75, 3.05) is 6.26 Å². The van der Waals surface area contributed by atoms with E-state index in [9.17, 15) is 22.7 Å². The van der Waals surface area contributed by atoms with Gasteiger partial charge in [0.05, 0.1) is 21.5 Å². The van der Waals surface area contributed by atoms with Gasteiger partial charge >= 0.3 is 5.97 Å². The van der Waals surface area contributed by atoms with E-state index in [0.29, 0.717) is 10.6 Å². The first-order chi connectivity index (χ1) is 15.1. The Labute approximate surface area is 194 Å². The molecule has 0 N–H and O–H groups in total. The van der Waals surface area contributed by atoms with E-state index in [2.05, 4.69) is 4.36 Å². The van der Waals surface area contributed by atoms with Crippen molar-refractivity contribution in [2.24, 2.45) is 4.36 Å². The summed E-state index contributed by atoms with van der Waals surface area (Å²) in [5.41, 5.74) is 0.314. The standard InChI is InChI=1S/C21H15ClN2O5S3/c1-31(26,24-14-19(13-23)32(27,28)20-3-2-12-30-20)18-10-8-17(9-11-18)29-21(25)15-4-6-16(22)7-5-15/h2-12,14H,1H3/b19-14+/t31-/m1/s1. The van der Waals surface area contributed by atoms with E-state index < -0.39 is 30.4 Å². The topological polar surface area (TPSA) is 114 Å². The molecule has 0 bridgehead atoms. The number of ether oxygens (including phenoxy) is 1. The summed E-state index contributed by atoms with van der Waals surface area (Å²) >= 11 is 6.77. The first-order valence-electron chi connectivity index (χ1n) is 8.81. The van der Waals surface area contributed by atoms with Crippen LogP contribution in [0.2, 0.25) is 5.02 Å². The molecule has 3 rings (SSSR count). The number of hydrogen-bond donors (Lipinski definition) is 0. The molecule has 0 fully saturated rings. The molecule has 0 saturated carbocycles. The molecule has 11 heteroatoms. The number of allylic oxidation sites excluding steroid dienone is 1. The van der Waals surface area contributed by atoms with Crippen molar-refractivity contribution in [1.82, 2.24) is 0 Å². The van der Waals surface area contributed by atoms with Gasteiger partial charge in [0.25, 0.3) is 0 Å². The summed E-state index contributed by atoms with van der Waals surface area (Å²) in [5, 5.41) is 11.3. The van der Waals surface area contributed by atoms with Gasteiger partial charge in [-0.15, -0.1) is 11.3 Å². The summed E-state index contributed by atoms with van der Waals surface area (Å²) in [6.45, 7) is 0. The van der Waals surface area contributed by atoms with Gasteiger partial charge in [-0.25, -0.2) is 21.8 Å². The SMILES string of the molecule is C[S@](=O)(=N/C=C(\C#N)S(=O)(=O)c1cccs1)c1ccc(OC(=O)c2ccc(Cl)cc2)cc1. The monoisotopic (exact) mass is 506 g/mol. The molecule has 164 valence electrons. The van der Waals surface area contributed by atoms with Crippen LogP contribution in [-0.2, 0) is 19.6 Å². The zero-order chi connectivity index (χ0) is 23.4. The van der Waals surface area contributed by atoms with Gasteiger partial charge in [0.1, 0.15) is 16.0 Å². The lowest BCUT2D eigenvalue weighted by Gasteiger charge is -2.07. The van der Waals surface area contributed by atoms with E-state index >= 15 is 0 Å². The summed E-state index contributed by atoms with van der Waals surface area (Å²) in [7, 11) is -7.09. The highest BCUT2D eigenvalue weighted by Crippen LogP contribution is 2.24. The Kier molecular flexibility index (Phi) is 7.16. The zero-order valence-corrected chi connectivity index (χ0v) is 19.7. The minimum absolute atomic E-state index is 0.00467. The number of carbonyl (C=O) groups is 1. The van der Waals surface area contributed by atoms with Crippen LogP contribution in [0.4, 0.5) is 0 Å². The summed E-state index contributed by atoms with van der Waals surface area (Å²) in [6, 6.07) is 16.5. The van der Waals surface area contributed by atoms with Gasteiger partial charge in [-0.05, 0) is 60.0 Å². The first kappa shape index (κ1) is 23.7. The van der Waals surface area contributed by atoms with Crippen molar-refractivity contribution < 1.29 is 22.2 Å². The van der Waals surface area contributed by atoms with E-state index in [-0.39, 0.29) is 14.9 Å². The summed E-state index contributed by atoms with van der Waals surface area (Å²) in [4.78, 5) is 11.8. The van der Waals surface area contributed by atoms with Crippen LogP contribution in [0, 0.1) is 11.3 Å². The van der Waals surface area contributed by atoms with Crippen LogP contribution in [0.3, 0.4) is 0 Å². The molecule has 1 heterocycles. The number of carbonyl (C=O) groups excluding carboxylic acids is 1. The number of hydrogen-bond acceptors (Lipinski definition) is 8. The van der Waals surface area contributed by atoms with Crippen molar-refractivity contribution in [3.63, 3.8) is 0 Å². The van der Waals surface area contributed by atoms with Crippen LogP contribution >= 0.6 is 22.9 Å². The van der Waals surface area contributed by atoms with Crippen molar-refractivity contribution in [1.29, 1.82) is 5.26 Å². The van der Waals surface area contributed by atoms with Crippen LogP contribution in [0.15, 0.2) is 90.6 Å². The van der Waals surface area contributed by atoms with Crippen molar-refractivity contribution in [3.05, 3.63) is 87.7 Å². The van der Waals surface area contributed by atoms with E-state index in [1.165, 1.54) is 48.7 Å². The van der Waals surface area contributed by atoms with Gasteiger partial charge in [-0.2, -0.15) is 5.26 Å². The Bertz CT molecular complexity index is 1430. The Morgan fingerprint density at radius 1 is 1.09 bits per heavy atom. The molecule has 0 aliphatic heterocycles. The number of sulfone groups is 1. The predicted molar refractivity (Wildman–Crippen MR) is 123 cm³/mol. The lowest BCUT2D eigenvalue weighted by atomic mass is 10.2. The highest BCUT2D eigenvalue weighted by molar-refractivity contribution is 7.97. The minimum atomic E-state index is -4.03. The van der Waals surface area contributed by atoms with Gasteiger partial charge in [0.15, 0.2) is 4.91 Å². The fourth-order valence-corrected chi connectivity index (χ4v) is 5.84. The molecular weight excluding hydrogens is 492 g/mol. The number of nitrogens with zero attached hydrogens (tertiary/aromatic N) is 2. The second kappa shape index (κ2) is 9.67. The van der Waals surface area contributed by atoms with E-state index in [1.54, 1.807) is 29.6 Å². The number of benzene rings is 2. The van der Waals surface area contributed by atoms with Crippen LogP contribution < -0.4 is 4.74 Å². The van der Waals surface area contributed by atoms with Gasteiger partial charge < -0.3 is 4.74 Å². The summed E-state index contributed by atoms with van der Waals surface area (Å²) in [5.74, 6) is -0.367. The number of nitriles is 1. The Balaban J connectivity index is 1.82. The highest BCUT2D eigenvalue weighted by atomic mass is 35.5. The molecule has 2 aromatic carbocycles. The van der Waals surface area contributed by atoms with Crippen molar-refractivity contribution >= 4 is 48.5 Å². The zero-order valence-electron chi connectivity index (χ0n) is 16.5.